The minimum Gasteiger partial charge on any atom is -0.495 e. The van der Waals surface area contributed by atoms with E-state index in [2.05, 4.69) is 26.6 Å². The number of benzene rings is 1. The Hall–Kier alpha value is -2.49. The van der Waals surface area contributed by atoms with Gasteiger partial charge in [0.1, 0.15) is 10.6 Å². The van der Waals surface area contributed by atoms with Gasteiger partial charge in [-0.3, -0.25) is 0 Å². The molecule has 1 aliphatic heterocycles. The van der Waals surface area contributed by atoms with Crippen molar-refractivity contribution in [3.8, 4) is 16.9 Å². The average Bonchev–Trinajstić information content (AvgIpc) is 3.17. The lowest BCUT2D eigenvalue weighted by molar-refractivity contribution is 0.187. The molecule has 1 fully saturated rings. The zero-order valence-electron chi connectivity index (χ0n) is 19.1. The van der Waals surface area contributed by atoms with Crippen molar-refractivity contribution >= 4 is 15.7 Å². The number of piperidine rings is 1. The number of ether oxygens (including phenoxy) is 1. The maximum atomic E-state index is 13.2. The first-order valence-corrected chi connectivity index (χ1v) is 12.5. The number of sulfonamides is 1. The fourth-order valence-electron chi connectivity index (χ4n) is 4.43. The van der Waals surface area contributed by atoms with Crippen LogP contribution in [0.1, 0.15) is 31.2 Å². The third-order valence-electron chi connectivity index (χ3n) is 6.00. The summed E-state index contributed by atoms with van der Waals surface area (Å²) in [4.78, 5) is 7.05. The number of fused-ring (bicyclic) bond motifs is 1. The summed E-state index contributed by atoms with van der Waals surface area (Å²) >= 11 is 0. The third-order valence-corrected chi connectivity index (χ3v) is 7.49. The van der Waals surface area contributed by atoms with E-state index < -0.39 is 10.0 Å². The van der Waals surface area contributed by atoms with Gasteiger partial charge in [0, 0.05) is 36.6 Å². The molecule has 0 aliphatic carbocycles. The number of methoxy groups -OCH3 is 1. The number of nitrogens with one attached hydrogen (secondary N) is 1. The highest BCUT2D eigenvalue weighted by molar-refractivity contribution is 7.89. The molecule has 3 heterocycles. The van der Waals surface area contributed by atoms with Crippen LogP contribution in [0.3, 0.4) is 0 Å². The van der Waals surface area contributed by atoms with E-state index in [1.165, 1.54) is 13.5 Å². The molecule has 8 nitrogen and oxygen atoms in total. The molecule has 0 saturated carbocycles. The Kier molecular flexibility index (Phi) is 6.50. The second kappa shape index (κ2) is 9.17. The Labute approximate surface area is 189 Å². The summed E-state index contributed by atoms with van der Waals surface area (Å²) < 4.78 is 36.2. The first-order chi connectivity index (χ1) is 15.3. The number of likely N-dealkylation sites (tertiary alicyclic amines) is 1. The number of aryl methyl sites for hydroxylation is 2. The Morgan fingerprint density at radius 1 is 1.25 bits per heavy atom. The number of aromatic nitrogens is 3. The molecule has 3 aromatic rings. The average molecular weight is 458 g/mol. The molecule has 0 radical (unpaired) electrons. The molecule has 32 heavy (non-hydrogen) atoms. The molecule has 4 rings (SSSR count). The predicted octanol–water partition coefficient (Wildman–Crippen LogP) is 3.03. The van der Waals surface area contributed by atoms with Crippen molar-refractivity contribution in [2.75, 3.05) is 33.3 Å². The van der Waals surface area contributed by atoms with E-state index in [0.29, 0.717) is 30.4 Å². The van der Waals surface area contributed by atoms with E-state index in [1.807, 2.05) is 26.0 Å². The standard InChI is InChI=1S/C23H31N5O3S/c1-16-6-5-10-27(15-16)11-9-25-32(29,30)22-13-19(7-8-21(22)31-4)20-14-24-28-18(3)12-17(2)26-23(20)28/h7-8,12-14,16,25H,5-6,9-11,15H2,1-4H3. The Morgan fingerprint density at radius 2 is 2.06 bits per heavy atom. The molecule has 1 N–H and O–H groups in total. The van der Waals surface area contributed by atoms with Crippen LogP contribution in [-0.2, 0) is 10.0 Å². The zero-order chi connectivity index (χ0) is 22.9. The van der Waals surface area contributed by atoms with Crippen LogP contribution in [0.4, 0.5) is 0 Å². The van der Waals surface area contributed by atoms with Crippen LogP contribution in [0.25, 0.3) is 16.8 Å². The Balaban J connectivity index is 1.61. The number of hydrogen-bond acceptors (Lipinski definition) is 6. The Morgan fingerprint density at radius 3 is 2.81 bits per heavy atom. The predicted molar refractivity (Wildman–Crippen MR) is 124 cm³/mol. The van der Waals surface area contributed by atoms with Gasteiger partial charge in [0.25, 0.3) is 0 Å². The van der Waals surface area contributed by atoms with Crippen LogP contribution < -0.4 is 9.46 Å². The molecule has 1 saturated heterocycles. The zero-order valence-corrected chi connectivity index (χ0v) is 19.9. The second-order valence-electron chi connectivity index (χ2n) is 8.64. The summed E-state index contributed by atoms with van der Waals surface area (Å²) in [5.74, 6) is 0.966. The molecule has 1 aliphatic rings. The van der Waals surface area contributed by atoms with Crippen molar-refractivity contribution in [1.82, 2.24) is 24.2 Å². The fraction of sp³-hybridized carbons (Fsp3) is 0.478. The van der Waals surface area contributed by atoms with Crippen molar-refractivity contribution in [2.24, 2.45) is 5.92 Å². The number of hydrogen-bond donors (Lipinski definition) is 1. The summed E-state index contributed by atoms with van der Waals surface area (Å²) in [5, 5.41) is 4.43. The summed E-state index contributed by atoms with van der Waals surface area (Å²) in [5.41, 5.74) is 4.05. The summed E-state index contributed by atoms with van der Waals surface area (Å²) in [6.07, 6.45) is 4.12. The van der Waals surface area contributed by atoms with Gasteiger partial charge in [-0.15, -0.1) is 0 Å². The quantitative estimate of drug-likeness (QED) is 0.587. The van der Waals surface area contributed by atoms with Crippen LogP contribution in [0, 0.1) is 19.8 Å². The third kappa shape index (κ3) is 4.65. The summed E-state index contributed by atoms with van der Waals surface area (Å²) in [6, 6.07) is 7.12. The maximum absolute atomic E-state index is 13.2. The van der Waals surface area contributed by atoms with Crippen LogP contribution in [-0.4, -0.2) is 61.2 Å². The molecule has 0 bridgehead atoms. The van der Waals surface area contributed by atoms with Gasteiger partial charge in [-0.25, -0.2) is 22.6 Å². The van der Waals surface area contributed by atoms with Gasteiger partial charge in [0.2, 0.25) is 10.0 Å². The van der Waals surface area contributed by atoms with Crippen molar-refractivity contribution in [3.05, 3.63) is 41.9 Å². The fourth-order valence-corrected chi connectivity index (χ4v) is 5.65. The molecular formula is C23H31N5O3S. The van der Waals surface area contributed by atoms with Gasteiger partial charge in [0.15, 0.2) is 5.65 Å². The largest absolute Gasteiger partial charge is 0.495 e. The molecular weight excluding hydrogens is 426 g/mol. The van der Waals surface area contributed by atoms with E-state index in [0.717, 1.165) is 42.0 Å². The lowest BCUT2D eigenvalue weighted by Gasteiger charge is -2.30. The van der Waals surface area contributed by atoms with Gasteiger partial charge in [-0.05, 0) is 62.9 Å². The molecule has 9 heteroatoms. The van der Waals surface area contributed by atoms with Crippen molar-refractivity contribution in [1.29, 1.82) is 0 Å². The Bertz CT molecular complexity index is 1220. The van der Waals surface area contributed by atoms with Gasteiger partial charge < -0.3 is 9.64 Å². The molecule has 1 aromatic carbocycles. The smallest absolute Gasteiger partial charge is 0.244 e. The molecule has 1 atom stereocenters. The van der Waals surface area contributed by atoms with Gasteiger partial charge in [-0.1, -0.05) is 13.0 Å². The second-order valence-corrected chi connectivity index (χ2v) is 10.4. The van der Waals surface area contributed by atoms with Crippen LogP contribution >= 0.6 is 0 Å². The van der Waals surface area contributed by atoms with Crippen LogP contribution in [0.5, 0.6) is 5.75 Å². The van der Waals surface area contributed by atoms with E-state index >= 15 is 0 Å². The van der Waals surface area contributed by atoms with E-state index in [4.69, 9.17) is 4.74 Å². The molecule has 0 amide bonds. The van der Waals surface area contributed by atoms with E-state index in [9.17, 15) is 8.42 Å². The lowest BCUT2D eigenvalue weighted by atomic mass is 10.0. The monoisotopic (exact) mass is 457 g/mol. The first-order valence-electron chi connectivity index (χ1n) is 11.0. The number of rotatable bonds is 7. The SMILES string of the molecule is COc1ccc(-c2cnn3c(C)cc(C)nc23)cc1S(=O)(=O)NCCN1CCCC(C)C1. The van der Waals surface area contributed by atoms with Gasteiger partial charge >= 0.3 is 0 Å². The highest BCUT2D eigenvalue weighted by atomic mass is 32.2. The van der Waals surface area contributed by atoms with Crippen molar-refractivity contribution < 1.29 is 13.2 Å². The lowest BCUT2D eigenvalue weighted by Crippen LogP contribution is -2.40. The summed E-state index contributed by atoms with van der Waals surface area (Å²) in [7, 11) is -2.27. The maximum Gasteiger partial charge on any atom is 0.244 e. The minimum atomic E-state index is -3.75. The van der Waals surface area contributed by atoms with Crippen molar-refractivity contribution in [3.63, 3.8) is 0 Å². The normalized spacial score (nSPS) is 17.7. The molecule has 2 aromatic heterocycles. The molecule has 1 unspecified atom stereocenters. The van der Waals surface area contributed by atoms with E-state index in [-0.39, 0.29) is 4.90 Å². The summed E-state index contributed by atoms with van der Waals surface area (Å²) in [6.45, 7) is 9.23. The highest BCUT2D eigenvalue weighted by Gasteiger charge is 2.23. The topological polar surface area (TPSA) is 88.8 Å². The number of nitrogens with zero attached hydrogens (tertiary/aromatic N) is 4. The van der Waals surface area contributed by atoms with E-state index in [1.54, 1.807) is 22.8 Å². The van der Waals surface area contributed by atoms with Gasteiger partial charge in [0.05, 0.1) is 13.3 Å². The molecule has 0 spiro atoms. The minimum absolute atomic E-state index is 0.119. The molecule has 172 valence electrons. The van der Waals surface area contributed by atoms with Crippen molar-refractivity contribution in [2.45, 2.75) is 38.5 Å². The highest BCUT2D eigenvalue weighted by Crippen LogP contribution is 2.31. The van der Waals surface area contributed by atoms with Gasteiger partial charge in [-0.2, -0.15) is 5.10 Å². The first kappa shape index (κ1) is 22.7. The van der Waals surface area contributed by atoms with Crippen LogP contribution in [0.15, 0.2) is 35.4 Å². The van der Waals surface area contributed by atoms with Crippen LogP contribution in [0.2, 0.25) is 0 Å².